The summed E-state index contributed by atoms with van der Waals surface area (Å²) < 4.78 is 5.15. The first-order valence-corrected chi connectivity index (χ1v) is 3.64. The number of nitrogens with two attached hydrogens (primary N) is 1. The zero-order valence-corrected chi connectivity index (χ0v) is 6.58. The van der Waals surface area contributed by atoms with Gasteiger partial charge < -0.3 is 10.5 Å². The molecule has 3 heteroatoms. The third kappa shape index (κ3) is 2.20. The highest BCUT2D eigenvalue weighted by molar-refractivity contribution is 5.17. The summed E-state index contributed by atoms with van der Waals surface area (Å²) in [4.78, 5) is 4.04. The maximum absolute atomic E-state index is 5.39. The summed E-state index contributed by atoms with van der Waals surface area (Å²) in [7, 11) is 0. The van der Waals surface area contributed by atoms with Gasteiger partial charge in [0.25, 0.3) is 0 Å². The van der Waals surface area contributed by atoms with E-state index in [-0.39, 0.29) is 0 Å². The Hall–Kier alpha value is -1.09. The molecule has 0 aliphatic heterocycles. The monoisotopic (exact) mass is 152 g/mol. The van der Waals surface area contributed by atoms with Crippen molar-refractivity contribution in [2.75, 3.05) is 6.61 Å². The van der Waals surface area contributed by atoms with Gasteiger partial charge in [-0.15, -0.1) is 0 Å². The second-order valence-corrected chi connectivity index (χ2v) is 2.14. The predicted octanol–water partition coefficient (Wildman–Crippen LogP) is 0.939. The summed E-state index contributed by atoms with van der Waals surface area (Å²) in [6.45, 7) is 3.10. The number of rotatable bonds is 3. The van der Waals surface area contributed by atoms with E-state index < -0.39 is 0 Å². The number of nitrogens with zero attached hydrogens (tertiary/aromatic N) is 1. The van der Waals surface area contributed by atoms with Crippen LogP contribution >= 0.6 is 0 Å². The summed E-state index contributed by atoms with van der Waals surface area (Å²) in [6, 6.07) is 3.74. The molecule has 0 atom stereocenters. The molecule has 0 amide bonds. The van der Waals surface area contributed by atoms with Crippen LogP contribution in [0.25, 0.3) is 0 Å². The molecular weight excluding hydrogens is 140 g/mol. The van der Waals surface area contributed by atoms with Crippen molar-refractivity contribution in [1.29, 1.82) is 0 Å². The lowest BCUT2D eigenvalue weighted by molar-refractivity contribution is 0.326. The normalized spacial score (nSPS) is 9.64. The van der Waals surface area contributed by atoms with Crippen molar-refractivity contribution in [2.45, 2.75) is 13.5 Å². The topological polar surface area (TPSA) is 48.1 Å². The minimum absolute atomic E-state index is 0.527. The fourth-order valence-corrected chi connectivity index (χ4v) is 0.765. The van der Waals surface area contributed by atoms with Crippen LogP contribution in [-0.2, 0) is 6.54 Å². The van der Waals surface area contributed by atoms with Crippen molar-refractivity contribution < 1.29 is 4.74 Å². The van der Waals surface area contributed by atoms with E-state index in [2.05, 4.69) is 4.98 Å². The molecule has 60 valence electrons. The van der Waals surface area contributed by atoms with Gasteiger partial charge in [0.1, 0.15) is 0 Å². The summed E-state index contributed by atoms with van der Waals surface area (Å²) in [5.74, 6) is 0.657. The molecule has 0 bridgehead atoms. The van der Waals surface area contributed by atoms with Gasteiger partial charge in [-0.25, -0.2) is 4.98 Å². The molecule has 1 heterocycles. The van der Waals surface area contributed by atoms with Gasteiger partial charge in [-0.1, -0.05) is 6.07 Å². The lowest BCUT2D eigenvalue weighted by Crippen LogP contribution is -1.98. The SMILES string of the molecule is CCOc1ccc(CN)cn1. The van der Waals surface area contributed by atoms with E-state index in [0.717, 1.165) is 5.56 Å². The Balaban J connectivity index is 2.66. The van der Waals surface area contributed by atoms with Gasteiger partial charge in [-0.2, -0.15) is 0 Å². The molecule has 2 N–H and O–H groups in total. The molecule has 0 saturated carbocycles. The van der Waals surface area contributed by atoms with Gasteiger partial charge in [-0.05, 0) is 12.5 Å². The Labute approximate surface area is 66.2 Å². The lowest BCUT2D eigenvalue weighted by Gasteiger charge is -2.01. The number of aromatic nitrogens is 1. The lowest BCUT2D eigenvalue weighted by atomic mass is 10.3. The third-order valence-corrected chi connectivity index (χ3v) is 1.33. The minimum atomic E-state index is 0.527. The minimum Gasteiger partial charge on any atom is -0.478 e. The summed E-state index contributed by atoms with van der Waals surface area (Å²) in [6.07, 6.45) is 1.73. The first kappa shape index (κ1) is 8.01. The Bertz CT molecular complexity index is 208. The number of pyridine rings is 1. The van der Waals surface area contributed by atoms with E-state index in [9.17, 15) is 0 Å². The van der Waals surface area contributed by atoms with E-state index in [4.69, 9.17) is 10.5 Å². The van der Waals surface area contributed by atoms with Gasteiger partial charge in [0, 0.05) is 18.8 Å². The van der Waals surface area contributed by atoms with E-state index in [1.54, 1.807) is 6.20 Å². The second-order valence-electron chi connectivity index (χ2n) is 2.14. The molecule has 0 saturated heterocycles. The molecule has 0 spiro atoms. The van der Waals surface area contributed by atoms with Crippen molar-refractivity contribution >= 4 is 0 Å². The fraction of sp³-hybridized carbons (Fsp3) is 0.375. The molecule has 3 nitrogen and oxygen atoms in total. The molecule has 0 aromatic carbocycles. The maximum Gasteiger partial charge on any atom is 0.213 e. The zero-order valence-electron chi connectivity index (χ0n) is 6.58. The highest BCUT2D eigenvalue weighted by atomic mass is 16.5. The molecule has 0 aliphatic rings. The molecule has 0 aliphatic carbocycles. The van der Waals surface area contributed by atoms with Crippen molar-refractivity contribution in [2.24, 2.45) is 5.73 Å². The first-order valence-electron chi connectivity index (χ1n) is 3.64. The van der Waals surface area contributed by atoms with Crippen LogP contribution in [0.4, 0.5) is 0 Å². The van der Waals surface area contributed by atoms with Gasteiger partial charge in [0.15, 0.2) is 0 Å². The summed E-state index contributed by atoms with van der Waals surface area (Å²) >= 11 is 0. The Morgan fingerprint density at radius 1 is 1.55 bits per heavy atom. The van der Waals surface area contributed by atoms with E-state index in [1.165, 1.54) is 0 Å². The van der Waals surface area contributed by atoms with Gasteiger partial charge in [-0.3, -0.25) is 0 Å². The van der Waals surface area contributed by atoms with Crippen LogP contribution in [0.3, 0.4) is 0 Å². The molecule has 0 radical (unpaired) electrons. The van der Waals surface area contributed by atoms with E-state index in [1.807, 2.05) is 19.1 Å². The molecule has 11 heavy (non-hydrogen) atoms. The Morgan fingerprint density at radius 2 is 2.36 bits per heavy atom. The number of hydrogen-bond donors (Lipinski definition) is 1. The highest BCUT2D eigenvalue weighted by Gasteiger charge is 1.92. The average molecular weight is 152 g/mol. The van der Waals surface area contributed by atoms with Gasteiger partial charge in [0.05, 0.1) is 6.61 Å². The fourth-order valence-electron chi connectivity index (χ4n) is 0.765. The van der Waals surface area contributed by atoms with Crippen molar-refractivity contribution in [3.63, 3.8) is 0 Å². The van der Waals surface area contributed by atoms with Crippen LogP contribution in [-0.4, -0.2) is 11.6 Å². The van der Waals surface area contributed by atoms with Gasteiger partial charge >= 0.3 is 0 Å². The summed E-state index contributed by atoms with van der Waals surface area (Å²) in [5, 5.41) is 0. The van der Waals surface area contributed by atoms with Crippen LogP contribution in [0.15, 0.2) is 18.3 Å². The quantitative estimate of drug-likeness (QED) is 0.701. The largest absolute Gasteiger partial charge is 0.478 e. The van der Waals surface area contributed by atoms with Crippen LogP contribution in [0.1, 0.15) is 12.5 Å². The van der Waals surface area contributed by atoms with Crippen LogP contribution in [0.2, 0.25) is 0 Å². The second kappa shape index (κ2) is 3.93. The van der Waals surface area contributed by atoms with Crippen LogP contribution < -0.4 is 10.5 Å². The van der Waals surface area contributed by atoms with Crippen LogP contribution in [0, 0.1) is 0 Å². The van der Waals surface area contributed by atoms with E-state index >= 15 is 0 Å². The molecule has 0 fully saturated rings. The molecule has 1 aromatic rings. The van der Waals surface area contributed by atoms with Crippen LogP contribution in [0.5, 0.6) is 5.88 Å². The standard InChI is InChI=1S/C8H12N2O/c1-2-11-8-4-3-7(5-9)6-10-8/h3-4,6H,2,5,9H2,1H3. The Kier molecular flexibility index (Phi) is 2.86. The first-order chi connectivity index (χ1) is 5.36. The molecular formula is C8H12N2O. The maximum atomic E-state index is 5.39. The molecule has 0 unspecified atom stereocenters. The average Bonchev–Trinajstić information content (AvgIpc) is 2.07. The smallest absolute Gasteiger partial charge is 0.213 e. The number of ether oxygens (including phenoxy) is 1. The molecule has 1 rings (SSSR count). The van der Waals surface area contributed by atoms with Gasteiger partial charge in [0.2, 0.25) is 5.88 Å². The van der Waals surface area contributed by atoms with Crippen molar-refractivity contribution in [3.05, 3.63) is 23.9 Å². The Morgan fingerprint density at radius 3 is 2.82 bits per heavy atom. The molecule has 1 aromatic heterocycles. The van der Waals surface area contributed by atoms with E-state index in [0.29, 0.717) is 19.0 Å². The number of hydrogen-bond acceptors (Lipinski definition) is 3. The zero-order chi connectivity index (χ0) is 8.10. The highest BCUT2D eigenvalue weighted by Crippen LogP contribution is 2.06. The third-order valence-electron chi connectivity index (χ3n) is 1.33. The summed E-state index contributed by atoms with van der Waals surface area (Å²) in [5.41, 5.74) is 6.41. The van der Waals surface area contributed by atoms with Crippen molar-refractivity contribution in [1.82, 2.24) is 4.98 Å². The predicted molar refractivity (Wildman–Crippen MR) is 43.3 cm³/mol. The van der Waals surface area contributed by atoms with Crippen molar-refractivity contribution in [3.8, 4) is 5.88 Å².